The molecule has 8 heteroatoms. The van der Waals surface area contributed by atoms with Crippen molar-refractivity contribution in [3.63, 3.8) is 0 Å². The van der Waals surface area contributed by atoms with Crippen molar-refractivity contribution in [1.29, 1.82) is 0 Å². The molecule has 0 aliphatic heterocycles. The Morgan fingerprint density at radius 2 is 1.83 bits per heavy atom. The lowest BCUT2D eigenvalue weighted by atomic mass is 10.1. The van der Waals surface area contributed by atoms with Crippen LogP contribution in [0.4, 0.5) is 24.8 Å². The topological polar surface area (TPSA) is 63.0 Å². The molecule has 2 aromatic carbocycles. The van der Waals surface area contributed by atoms with E-state index >= 15 is 0 Å². The number of nitrogens with one attached hydrogen (secondary N) is 1. The smallest absolute Gasteiger partial charge is 0.247 e. The normalized spacial score (nSPS) is 12.2. The second-order valence-corrected chi connectivity index (χ2v) is 5.15. The number of aliphatic hydroxyl groups is 1. The van der Waals surface area contributed by atoms with Crippen LogP contribution in [0.5, 0.6) is 0 Å². The van der Waals surface area contributed by atoms with Crippen LogP contribution in [0.25, 0.3) is 5.69 Å². The second-order valence-electron chi connectivity index (χ2n) is 5.15. The number of anilines is 2. The number of hydrogen-bond donors (Lipinski definition) is 2. The van der Waals surface area contributed by atoms with Gasteiger partial charge in [0.2, 0.25) is 5.95 Å². The minimum Gasteiger partial charge on any atom is -0.389 e. The first-order chi connectivity index (χ1) is 11.4. The zero-order chi connectivity index (χ0) is 17.3. The number of nitrogens with zero attached hydrogens (tertiary/aromatic N) is 3. The first-order valence-corrected chi connectivity index (χ1v) is 7.05. The number of aromatic nitrogens is 3. The SMILES string of the molecule is CC(O)c1cccc(Nc2ncn(-c3cc(F)cc(F)c3)n2)c1F. The van der Waals surface area contributed by atoms with E-state index in [4.69, 9.17) is 0 Å². The van der Waals surface area contributed by atoms with Gasteiger partial charge < -0.3 is 10.4 Å². The van der Waals surface area contributed by atoms with Gasteiger partial charge in [0.25, 0.3) is 0 Å². The number of aliphatic hydroxyl groups excluding tert-OH is 1. The first kappa shape index (κ1) is 16.0. The van der Waals surface area contributed by atoms with Gasteiger partial charge in [-0.15, -0.1) is 5.10 Å². The third-order valence-electron chi connectivity index (χ3n) is 3.33. The van der Waals surface area contributed by atoms with Crippen molar-refractivity contribution in [3.05, 3.63) is 65.7 Å². The fourth-order valence-corrected chi connectivity index (χ4v) is 2.21. The Morgan fingerprint density at radius 1 is 1.12 bits per heavy atom. The van der Waals surface area contributed by atoms with Crippen LogP contribution < -0.4 is 5.32 Å². The third-order valence-corrected chi connectivity index (χ3v) is 3.33. The number of halogens is 3. The number of rotatable bonds is 4. The lowest BCUT2D eigenvalue weighted by Crippen LogP contribution is -2.02. The fraction of sp³-hybridized carbons (Fsp3) is 0.125. The average Bonchev–Trinajstić information content (AvgIpc) is 2.97. The highest BCUT2D eigenvalue weighted by Crippen LogP contribution is 2.25. The molecular formula is C16H13F3N4O. The highest BCUT2D eigenvalue weighted by Gasteiger charge is 2.13. The van der Waals surface area contributed by atoms with Gasteiger partial charge >= 0.3 is 0 Å². The largest absolute Gasteiger partial charge is 0.389 e. The van der Waals surface area contributed by atoms with Crippen LogP contribution in [-0.2, 0) is 0 Å². The van der Waals surface area contributed by atoms with E-state index in [1.54, 1.807) is 6.07 Å². The summed E-state index contributed by atoms with van der Waals surface area (Å²) in [5.74, 6) is -2.07. The van der Waals surface area contributed by atoms with E-state index in [1.807, 2.05) is 0 Å². The Kier molecular flexibility index (Phi) is 4.22. The monoisotopic (exact) mass is 334 g/mol. The molecule has 24 heavy (non-hydrogen) atoms. The fourth-order valence-electron chi connectivity index (χ4n) is 2.21. The Balaban J connectivity index is 1.88. The first-order valence-electron chi connectivity index (χ1n) is 7.05. The van der Waals surface area contributed by atoms with Crippen molar-refractivity contribution in [2.75, 3.05) is 5.32 Å². The van der Waals surface area contributed by atoms with Gasteiger partial charge in [-0.2, -0.15) is 4.98 Å². The Bertz CT molecular complexity index is 859. The Morgan fingerprint density at radius 3 is 2.50 bits per heavy atom. The molecule has 0 bridgehead atoms. The molecule has 0 spiro atoms. The quantitative estimate of drug-likeness (QED) is 0.767. The molecule has 0 amide bonds. The van der Waals surface area contributed by atoms with Crippen LogP contribution in [0.2, 0.25) is 0 Å². The molecule has 1 unspecified atom stereocenters. The summed E-state index contributed by atoms with van der Waals surface area (Å²) in [6, 6.07) is 7.44. The molecule has 0 saturated carbocycles. The van der Waals surface area contributed by atoms with E-state index in [-0.39, 0.29) is 22.9 Å². The third kappa shape index (κ3) is 3.23. The summed E-state index contributed by atoms with van der Waals surface area (Å²) in [4.78, 5) is 3.93. The summed E-state index contributed by atoms with van der Waals surface area (Å²) in [5.41, 5.74) is 0.356. The van der Waals surface area contributed by atoms with Crippen molar-refractivity contribution in [1.82, 2.24) is 14.8 Å². The maximum absolute atomic E-state index is 14.3. The molecule has 1 atom stereocenters. The van der Waals surface area contributed by atoms with Crippen molar-refractivity contribution in [2.24, 2.45) is 0 Å². The molecule has 124 valence electrons. The van der Waals surface area contributed by atoms with Crippen molar-refractivity contribution in [2.45, 2.75) is 13.0 Å². The molecule has 1 heterocycles. The van der Waals surface area contributed by atoms with Gasteiger partial charge in [0, 0.05) is 11.6 Å². The summed E-state index contributed by atoms with van der Waals surface area (Å²) in [5, 5.41) is 16.2. The summed E-state index contributed by atoms with van der Waals surface area (Å²) in [6.07, 6.45) is 0.278. The highest BCUT2D eigenvalue weighted by molar-refractivity contribution is 5.55. The van der Waals surface area contributed by atoms with E-state index in [2.05, 4.69) is 15.4 Å². The molecule has 0 saturated heterocycles. The van der Waals surface area contributed by atoms with Gasteiger partial charge in [-0.1, -0.05) is 12.1 Å². The maximum Gasteiger partial charge on any atom is 0.247 e. The lowest BCUT2D eigenvalue weighted by molar-refractivity contribution is 0.194. The van der Waals surface area contributed by atoms with Crippen LogP contribution in [0.15, 0.2) is 42.7 Å². The molecule has 0 fully saturated rings. The second kappa shape index (κ2) is 6.32. The van der Waals surface area contributed by atoms with Gasteiger partial charge in [-0.3, -0.25) is 0 Å². The van der Waals surface area contributed by atoms with E-state index < -0.39 is 23.6 Å². The zero-order valence-corrected chi connectivity index (χ0v) is 12.5. The van der Waals surface area contributed by atoms with Gasteiger partial charge in [-0.05, 0) is 25.1 Å². The molecule has 1 aromatic heterocycles. The van der Waals surface area contributed by atoms with Gasteiger partial charge in [-0.25, -0.2) is 17.9 Å². The summed E-state index contributed by atoms with van der Waals surface area (Å²) in [6.45, 7) is 1.45. The number of hydrogen-bond acceptors (Lipinski definition) is 4. The van der Waals surface area contributed by atoms with E-state index in [9.17, 15) is 18.3 Å². The van der Waals surface area contributed by atoms with Crippen LogP contribution in [0, 0.1) is 17.5 Å². The summed E-state index contributed by atoms with van der Waals surface area (Å²) < 4.78 is 41.9. The average molecular weight is 334 g/mol. The standard InChI is InChI=1S/C16H13F3N4O/c1-9(24)13-3-2-4-14(15(13)19)21-16-20-8-23(22-16)12-6-10(17)5-11(18)7-12/h2-9,24H,1H3,(H,21,22). The molecule has 3 aromatic rings. The van der Waals surface area contributed by atoms with E-state index in [1.165, 1.54) is 25.4 Å². The van der Waals surface area contributed by atoms with Crippen molar-refractivity contribution < 1.29 is 18.3 Å². The van der Waals surface area contributed by atoms with Gasteiger partial charge in [0.05, 0.1) is 17.5 Å². The Labute approximate surface area is 135 Å². The molecular weight excluding hydrogens is 321 g/mol. The molecule has 2 N–H and O–H groups in total. The minimum atomic E-state index is -0.965. The highest BCUT2D eigenvalue weighted by atomic mass is 19.1. The predicted molar refractivity (Wildman–Crippen MR) is 81.6 cm³/mol. The van der Waals surface area contributed by atoms with Crippen molar-refractivity contribution >= 4 is 11.6 Å². The zero-order valence-electron chi connectivity index (χ0n) is 12.5. The number of benzene rings is 2. The van der Waals surface area contributed by atoms with E-state index in [0.29, 0.717) is 0 Å². The summed E-state index contributed by atoms with van der Waals surface area (Å²) in [7, 11) is 0. The van der Waals surface area contributed by atoms with Crippen LogP contribution >= 0.6 is 0 Å². The Hall–Kier alpha value is -2.87. The van der Waals surface area contributed by atoms with Crippen molar-refractivity contribution in [3.8, 4) is 5.69 Å². The van der Waals surface area contributed by atoms with Crippen LogP contribution in [-0.4, -0.2) is 19.9 Å². The summed E-state index contributed by atoms with van der Waals surface area (Å²) >= 11 is 0. The molecule has 0 aliphatic carbocycles. The maximum atomic E-state index is 14.3. The van der Waals surface area contributed by atoms with Gasteiger partial charge in [0.1, 0.15) is 18.0 Å². The van der Waals surface area contributed by atoms with Crippen LogP contribution in [0.1, 0.15) is 18.6 Å². The molecule has 0 aliphatic rings. The molecule has 5 nitrogen and oxygen atoms in total. The lowest BCUT2D eigenvalue weighted by Gasteiger charge is -2.10. The molecule has 0 radical (unpaired) electrons. The predicted octanol–water partition coefficient (Wildman–Crippen LogP) is 3.48. The van der Waals surface area contributed by atoms with Crippen LogP contribution in [0.3, 0.4) is 0 Å². The minimum absolute atomic E-state index is 0.0429. The van der Waals surface area contributed by atoms with Gasteiger partial charge in [0.15, 0.2) is 5.82 Å². The van der Waals surface area contributed by atoms with E-state index in [0.717, 1.165) is 22.9 Å². The molecule has 3 rings (SSSR count).